The van der Waals surface area contributed by atoms with E-state index in [2.05, 4.69) is 5.32 Å². The van der Waals surface area contributed by atoms with Crippen molar-refractivity contribution < 1.29 is 19.1 Å². The van der Waals surface area contributed by atoms with E-state index in [1.165, 1.54) is 11.8 Å². The molecule has 1 amide bonds. The molecule has 0 spiro atoms. The summed E-state index contributed by atoms with van der Waals surface area (Å²) in [7, 11) is 0. The Morgan fingerprint density at radius 1 is 1.04 bits per heavy atom. The first-order valence-corrected chi connectivity index (χ1v) is 9.49. The summed E-state index contributed by atoms with van der Waals surface area (Å²) in [6.07, 6.45) is 0.209. The maximum absolute atomic E-state index is 11.7. The molecular formula is C19H20ClNO4S. The number of hydrogen-bond donors (Lipinski definition) is 1. The number of halogens is 1. The van der Waals surface area contributed by atoms with Gasteiger partial charge in [0.15, 0.2) is 6.61 Å². The lowest BCUT2D eigenvalue weighted by molar-refractivity contribution is -0.148. The van der Waals surface area contributed by atoms with Crippen molar-refractivity contribution in [1.82, 2.24) is 5.32 Å². The van der Waals surface area contributed by atoms with Crippen molar-refractivity contribution in [3.8, 4) is 5.75 Å². The number of carbonyl (C=O) groups excluding carboxylic acids is 2. The Labute approximate surface area is 162 Å². The molecule has 0 aromatic heterocycles. The zero-order chi connectivity index (χ0) is 18.6. The molecule has 0 aliphatic carbocycles. The van der Waals surface area contributed by atoms with Crippen molar-refractivity contribution in [3.63, 3.8) is 0 Å². The van der Waals surface area contributed by atoms with Crippen LogP contribution in [0.25, 0.3) is 0 Å². The highest BCUT2D eigenvalue weighted by molar-refractivity contribution is 7.99. The van der Waals surface area contributed by atoms with Gasteiger partial charge in [0.2, 0.25) is 0 Å². The van der Waals surface area contributed by atoms with Gasteiger partial charge in [0, 0.05) is 10.6 Å². The topological polar surface area (TPSA) is 64.6 Å². The molecule has 0 unspecified atom stereocenters. The summed E-state index contributed by atoms with van der Waals surface area (Å²) in [5.74, 6) is 0.507. The van der Waals surface area contributed by atoms with Gasteiger partial charge in [-0.2, -0.15) is 0 Å². The van der Waals surface area contributed by atoms with E-state index in [1.54, 1.807) is 6.07 Å². The first-order valence-electron chi connectivity index (χ1n) is 8.12. The van der Waals surface area contributed by atoms with Crippen molar-refractivity contribution >= 4 is 35.2 Å². The quantitative estimate of drug-likeness (QED) is 0.380. The molecule has 0 aliphatic rings. The molecule has 26 heavy (non-hydrogen) atoms. The molecular weight excluding hydrogens is 374 g/mol. The normalized spacial score (nSPS) is 10.2. The Morgan fingerprint density at radius 2 is 1.77 bits per heavy atom. The predicted octanol–water partition coefficient (Wildman–Crippen LogP) is 3.56. The minimum Gasteiger partial charge on any atom is -0.492 e. The smallest absolute Gasteiger partial charge is 0.307 e. The van der Waals surface area contributed by atoms with E-state index in [0.29, 0.717) is 23.9 Å². The second-order valence-electron chi connectivity index (χ2n) is 5.20. The lowest BCUT2D eigenvalue weighted by Crippen LogP contribution is -2.32. The Kier molecular flexibility index (Phi) is 8.86. The van der Waals surface area contributed by atoms with Gasteiger partial charge in [-0.15, -0.1) is 11.8 Å². The van der Waals surface area contributed by atoms with Crippen LogP contribution in [0.15, 0.2) is 59.5 Å². The van der Waals surface area contributed by atoms with Gasteiger partial charge in [-0.1, -0.05) is 41.9 Å². The van der Waals surface area contributed by atoms with Crippen LogP contribution in [0, 0.1) is 0 Å². The Morgan fingerprint density at radius 3 is 2.54 bits per heavy atom. The molecule has 0 radical (unpaired) electrons. The number of carbonyl (C=O) groups is 2. The molecule has 0 bridgehead atoms. The number of esters is 1. The van der Waals surface area contributed by atoms with Crippen molar-refractivity contribution in [2.24, 2.45) is 0 Å². The third-order valence-electron chi connectivity index (χ3n) is 3.20. The average Bonchev–Trinajstić information content (AvgIpc) is 2.66. The molecule has 1 N–H and O–H groups in total. The monoisotopic (exact) mass is 393 g/mol. The van der Waals surface area contributed by atoms with Gasteiger partial charge in [0.25, 0.3) is 5.91 Å². The molecule has 2 rings (SSSR count). The number of thioether (sulfide) groups is 1. The van der Waals surface area contributed by atoms with Gasteiger partial charge in [-0.3, -0.25) is 9.59 Å². The summed E-state index contributed by atoms with van der Waals surface area (Å²) in [5, 5.41) is 3.29. The Balaban J connectivity index is 1.53. The van der Waals surface area contributed by atoms with E-state index in [1.807, 2.05) is 48.5 Å². The Bertz CT molecular complexity index is 712. The number of hydrogen-bond acceptors (Lipinski definition) is 5. The molecule has 2 aromatic rings. The average molecular weight is 394 g/mol. The number of para-hydroxylation sites is 1. The predicted molar refractivity (Wildman–Crippen MR) is 103 cm³/mol. The summed E-state index contributed by atoms with van der Waals surface area (Å²) in [6, 6.07) is 16.7. The molecule has 7 heteroatoms. The summed E-state index contributed by atoms with van der Waals surface area (Å²) in [6.45, 7) is 0.396. The van der Waals surface area contributed by atoms with Gasteiger partial charge in [0.05, 0.1) is 18.0 Å². The fourth-order valence-electron chi connectivity index (χ4n) is 1.95. The number of nitrogens with one attached hydrogen (secondary N) is 1. The molecule has 0 saturated heterocycles. The van der Waals surface area contributed by atoms with Crippen LogP contribution in [0.1, 0.15) is 6.42 Å². The summed E-state index contributed by atoms with van der Waals surface area (Å²) >= 11 is 7.52. The third kappa shape index (κ3) is 7.80. The largest absolute Gasteiger partial charge is 0.492 e. The van der Waals surface area contributed by atoms with Crippen LogP contribution in [-0.4, -0.2) is 37.4 Å². The van der Waals surface area contributed by atoms with Gasteiger partial charge < -0.3 is 14.8 Å². The first-order chi connectivity index (χ1) is 12.6. The van der Waals surface area contributed by atoms with Gasteiger partial charge in [-0.05, 0) is 24.3 Å². The highest BCUT2D eigenvalue weighted by Gasteiger charge is 2.08. The van der Waals surface area contributed by atoms with Crippen LogP contribution < -0.4 is 10.1 Å². The minimum absolute atomic E-state index is 0.209. The summed E-state index contributed by atoms with van der Waals surface area (Å²) in [4.78, 5) is 24.2. The fourth-order valence-corrected chi connectivity index (χ4v) is 3.12. The minimum atomic E-state index is -0.416. The van der Waals surface area contributed by atoms with Gasteiger partial charge in [0.1, 0.15) is 12.4 Å². The summed E-state index contributed by atoms with van der Waals surface area (Å²) < 4.78 is 10.4. The first kappa shape index (κ1) is 20.1. The van der Waals surface area contributed by atoms with E-state index in [-0.39, 0.29) is 18.9 Å². The van der Waals surface area contributed by atoms with Crippen LogP contribution in [0.4, 0.5) is 0 Å². The maximum Gasteiger partial charge on any atom is 0.307 e. The van der Waals surface area contributed by atoms with Crippen molar-refractivity contribution in [1.29, 1.82) is 0 Å². The van der Waals surface area contributed by atoms with Gasteiger partial charge >= 0.3 is 5.97 Å². The standard InChI is InChI=1S/C19H20ClNO4S/c20-16-8-4-5-9-17(16)26-13-10-19(23)25-14-18(22)21-11-12-24-15-6-2-1-3-7-15/h1-9H,10-14H2,(H,21,22). The highest BCUT2D eigenvalue weighted by atomic mass is 35.5. The molecule has 0 heterocycles. The molecule has 2 aromatic carbocycles. The number of rotatable bonds is 10. The van der Waals surface area contributed by atoms with Crippen LogP contribution in [0.5, 0.6) is 5.75 Å². The lowest BCUT2D eigenvalue weighted by atomic mass is 10.3. The SMILES string of the molecule is O=C(COC(=O)CCSc1ccccc1Cl)NCCOc1ccccc1. The van der Waals surface area contributed by atoms with E-state index in [9.17, 15) is 9.59 Å². The number of benzene rings is 2. The third-order valence-corrected chi connectivity index (χ3v) is 4.72. The van der Waals surface area contributed by atoms with Crippen LogP contribution in [0.2, 0.25) is 5.02 Å². The molecule has 0 saturated carbocycles. The Hall–Kier alpha value is -2.18. The molecule has 0 aliphatic heterocycles. The van der Waals surface area contributed by atoms with Crippen LogP contribution in [0.3, 0.4) is 0 Å². The van der Waals surface area contributed by atoms with E-state index < -0.39 is 5.97 Å². The van der Waals surface area contributed by atoms with Crippen molar-refractivity contribution in [3.05, 3.63) is 59.6 Å². The lowest BCUT2D eigenvalue weighted by Gasteiger charge is -2.08. The number of amides is 1. The zero-order valence-corrected chi connectivity index (χ0v) is 15.7. The zero-order valence-electron chi connectivity index (χ0n) is 14.2. The van der Waals surface area contributed by atoms with Crippen LogP contribution >= 0.6 is 23.4 Å². The molecule has 138 valence electrons. The van der Waals surface area contributed by atoms with E-state index >= 15 is 0 Å². The van der Waals surface area contributed by atoms with Crippen molar-refractivity contribution in [2.45, 2.75) is 11.3 Å². The highest BCUT2D eigenvalue weighted by Crippen LogP contribution is 2.26. The molecule has 0 fully saturated rings. The molecule has 0 atom stereocenters. The summed E-state index contributed by atoms with van der Waals surface area (Å²) in [5.41, 5.74) is 0. The fraction of sp³-hybridized carbons (Fsp3) is 0.263. The maximum atomic E-state index is 11.7. The van der Waals surface area contributed by atoms with Gasteiger partial charge in [-0.25, -0.2) is 0 Å². The van der Waals surface area contributed by atoms with Crippen molar-refractivity contribution in [2.75, 3.05) is 25.5 Å². The van der Waals surface area contributed by atoms with E-state index in [4.69, 9.17) is 21.1 Å². The van der Waals surface area contributed by atoms with Crippen LogP contribution in [-0.2, 0) is 14.3 Å². The second kappa shape index (κ2) is 11.4. The molecule has 5 nitrogen and oxygen atoms in total. The second-order valence-corrected chi connectivity index (χ2v) is 6.74. The number of ether oxygens (including phenoxy) is 2. The van der Waals surface area contributed by atoms with E-state index in [0.717, 1.165) is 10.6 Å².